The van der Waals surface area contributed by atoms with Crippen LogP contribution in [0.5, 0.6) is 0 Å². The normalized spacial score (nSPS) is 11.1. The van der Waals surface area contributed by atoms with Crippen LogP contribution in [0.2, 0.25) is 0 Å². The zero-order valence-electron chi connectivity index (χ0n) is 15.9. The molecule has 8 heteroatoms. The number of hydrogen-bond donors (Lipinski definition) is 2. The first-order valence-electron chi connectivity index (χ1n) is 8.95. The predicted octanol–water partition coefficient (Wildman–Crippen LogP) is 2.87. The Balaban J connectivity index is 1.87. The topological polar surface area (TPSA) is 102 Å². The van der Waals surface area contributed by atoms with Crippen LogP contribution in [0.25, 0.3) is 0 Å². The summed E-state index contributed by atoms with van der Waals surface area (Å²) in [6.45, 7) is 3.83. The molecule has 0 spiro atoms. The lowest BCUT2D eigenvalue weighted by Crippen LogP contribution is -2.32. The van der Waals surface area contributed by atoms with Crippen molar-refractivity contribution in [3.8, 4) is 0 Å². The molecule has 0 saturated carbocycles. The van der Waals surface area contributed by atoms with E-state index < -0.39 is 28.4 Å². The number of carbonyl (C=O) groups excluding carboxylic acids is 2. The van der Waals surface area contributed by atoms with Gasteiger partial charge in [-0.15, -0.1) is 0 Å². The van der Waals surface area contributed by atoms with Crippen molar-refractivity contribution in [1.82, 2.24) is 4.72 Å². The number of esters is 1. The third-order valence-electron chi connectivity index (χ3n) is 3.89. The number of anilines is 1. The molecule has 28 heavy (non-hydrogen) atoms. The minimum Gasteiger partial charge on any atom is -0.462 e. The van der Waals surface area contributed by atoms with Gasteiger partial charge in [0.25, 0.3) is 0 Å². The lowest BCUT2D eigenvalue weighted by Gasteiger charge is -2.09. The standard InChI is InChI=1S/C20H24N2O5S/c1-3-4-13-27-20(24)16-7-9-17(10-8-16)22-19(23)14-21-28(25,26)18-11-5-15(2)6-12-18/h5-12,21H,3-4,13-14H2,1-2H3,(H,22,23). The van der Waals surface area contributed by atoms with Gasteiger partial charge in [0.1, 0.15) is 0 Å². The van der Waals surface area contributed by atoms with E-state index in [2.05, 4.69) is 10.0 Å². The lowest BCUT2D eigenvalue weighted by atomic mass is 10.2. The Labute approximate surface area is 165 Å². The molecule has 0 atom stereocenters. The van der Waals surface area contributed by atoms with E-state index in [9.17, 15) is 18.0 Å². The molecular weight excluding hydrogens is 380 g/mol. The summed E-state index contributed by atoms with van der Waals surface area (Å²) in [4.78, 5) is 23.9. The summed E-state index contributed by atoms with van der Waals surface area (Å²) in [5.41, 5.74) is 1.77. The van der Waals surface area contributed by atoms with Crippen molar-refractivity contribution >= 4 is 27.6 Å². The van der Waals surface area contributed by atoms with E-state index in [1.165, 1.54) is 12.1 Å². The summed E-state index contributed by atoms with van der Waals surface area (Å²) in [6, 6.07) is 12.5. The third kappa shape index (κ3) is 6.47. The van der Waals surface area contributed by atoms with E-state index in [1.807, 2.05) is 13.8 Å². The molecule has 0 radical (unpaired) electrons. The molecule has 0 aliphatic carbocycles. The summed E-state index contributed by atoms with van der Waals surface area (Å²) in [5.74, 6) is -0.939. The number of amides is 1. The highest BCUT2D eigenvalue weighted by atomic mass is 32.2. The molecule has 0 unspecified atom stereocenters. The first kappa shape index (κ1) is 21.6. The van der Waals surface area contributed by atoms with E-state index in [4.69, 9.17) is 4.74 Å². The Morgan fingerprint density at radius 2 is 1.64 bits per heavy atom. The predicted molar refractivity (Wildman–Crippen MR) is 107 cm³/mol. The smallest absolute Gasteiger partial charge is 0.338 e. The fourth-order valence-corrected chi connectivity index (χ4v) is 3.23. The number of hydrogen-bond acceptors (Lipinski definition) is 5. The zero-order valence-corrected chi connectivity index (χ0v) is 16.7. The van der Waals surface area contributed by atoms with Gasteiger partial charge < -0.3 is 10.1 Å². The van der Waals surface area contributed by atoms with E-state index in [1.54, 1.807) is 36.4 Å². The van der Waals surface area contributed by atoms with Gasteiger partial charge in [-0.3, -0.25) is 4.79 Å². The molecule has 2 N–H and O–H groups in total. The van der Waals surface area contributed by atoms with Crippen molar-refractivity contribution in [2.75, 3.05) is 18.5 Å². The fraction of sp³-hybridized carbons (Fsp3) is 0.300. The van der Waals surface area contributed by atoms with E-state index in [0.717, 1.165) is 18.4 Å². The van der Waals surface area contributed by atoms with Gasteiger partial charge in [-0.1, -0.05) is 31.0 Å². The number of aryl methyl sites for hydroxylation is 1. The van der Waals surface area contributed by atoms with Crippen LogP contribution < -0.4 is 10.0 Å². The lowest BCUT2D eigenvalue weighted by molar-refractivity contribution is -0.115. The molecule has 0 heterocycles. The van der Waals surface area contributed by atoms with Crippen LogP contribution in [-0.2, 0) is 19.6 Å². The Morgan fingerprint density at radius 1 is 1.00 bits per heavy atom. The Bertz CT molecular complexity index is 907. The van der Waals surface area contributed by atoms with Crippen molar-refractivity contribution in [1.29, 1.82) is 0 Å². The van der Waals surface area contributed by atoms with Crippen LogP contribution in [0.4, 0.5) is 5.69 Å². The molecule has 0 bridgehead atoms. The second-order valence-electron chi connectivity index (χ2n) is 6.25. The van der Waals surface area contributed by atoms with E-state index in [-0.39, 0.29) is 4.90 Å². The third-order valence-corrected chi connectivity index (χ3v) is 5.31. The van der Waals surface area contributed by atoms with Gasteiger partial charge in [-0.2, -0.15) is 0 Å². The van der Waals surface area contributed by atoms with Gasteiger partial charge in [-0.25, -0.2) is 17.9 Å². The highest BCUT2D eigenvalue weighted by Crippen LogP contribution is 2.12. The molecule has 150 valence electrons. The monoisotopic (exact) mass is 404 g/mol. The molecular formula is C20H24N2O5S. The SMILES string of the molecule is CCCCOC(=O)c1ccc(NC(=O)CNS(=O)(=O)c2ccc(C)cc2)cc1. The second kappa shape index (κ2) is 10.0. The summed E-state index contributed by atoms with van der Waals surface area (Å²) in [5, 5.41) is 2.58. The van der Waals surface area contributed by atoms with Crippen molar-refractivity contribution < 1.29 is 22.7 Å². The highest BCUT2D eigenvalue weighted by molar-refractivity contribution is 7.89. The van der Waals surface area contributed by atoms with Crippen molar-refractivity contribution in [3.63, 3.8) is 0 Å². The maximum Gasteiger partial charge on any atom is 0.338 e. The van der Waals surface area contributed by atoms with Crippen LogP contribution in [-0.4, -0.2) is 33.4 Å². The summed E-state index contributed by atoms with van der Waals surface area (Å²) >= 11 is 0. The van der Waals surface area contributed by atoms with Gasteiger partial charge in [0.05, 0.1) is 23.6 Å². The van der Waals surface area contributed by atoms with Gasteiger partial charge in [0.15, 0.2) is 0 Å². The molecule has 0 aliphatic rings. The number of benzene rings is 2. The number of ether oxygens (including phenoxy) is 1. The molecule has 0 fully saturated rings. The second-order valence-corrected chi connectivity index (χ2v) is 8.02. The van der Waals surface area contributed by atoms with Crippen LogP contribution in [0.1, 0.15) is 35.7 Å². The maximum absolute atomic E-state index is 12.2. The number of carbonyl (C=O) groups is 2. The number of sulfonamides is 1. The molecule has 7 nitrogen and oxygen atoms in total. The Kier molecular flexibility index (Phi) is 7.71. The van der Waals surface area contributed by atoms with Gasteiger partial charge in [0.2, 0.25) is 15.9 Å². The first-order chi connectivity index (χ1) is 13.3. The maximum atomic E-state index is 12.2. The summed E-state index contributed by atoms with van der Waals surface area (Å²) < 4.78 is 31.7. The van der Waals surface area contributed by atoms with Crippen LogP contribution in [0, 0.1) is 6.92 Å². The quantitative estimate of drug-likeness (QED) is 0.494. The molecule has 0 saturated heterocycles. The summed E-state index contributed by atoms with van der Waals surface area (Å²) in [6.07, 6.45) is 1.74. The molecule has 2 aromatic rings. The first-order valence-corrected chi connectivity index (χ1v) is 10.4. The van der Waals surface area contributed by atoms with Gasteiger partial charge >= 0.3 is 5.97 Å². The van der Waals surface area contributed by atoms with Crippen molar-refractivity contribution in [2.45, 2.75) is 31.6 Å². The number of rotatable bonds is 9. The molecule has 0 aliphatic heterocycles. The largest absolute Gasteiger partial charge is 0.462 e. The molecule has 0 aromatic heterocycles. The van der Waals surface area contributed by atoms with Crippen molar-refractivity contribution in [3.05, 3.63) is 59.7 Å². The van der Waals surface area contributed by atoms with Gasteiger partial charge in [-0.05, 0) is 49.7 Å². The Hall–Kier alpha value is -2.71. The van der Waals surface area contributed by atoms with E-state index in [0.29, 0.717) is 17.9 Å². The highest BCUT2D eigenvalue weighted by Gasteiger charge is 2.15. The van der Waals surface area contributed by atoms with Crippen LogP contribution in [0.3, 0.4) is 0 Å². The summed E-state index contributed by atoms with van der Waals surface area (Å²) in [7, 11) is -3.77. The Morgan fingerprint density at radius 3 is 2.25 bits per heavy atom. The average Bonchev–Trinajstić information content (AvgIpc) is 2.67. The minimum atomic E-state index is -3.77. The zero-order chi connectivity index (χ0) is 20.6. The molecule has 2 aromatic carbocycles. The fourth-order valence-electron chi connectivity index (χ4n) is 2.25. The van der Waals surface area contributed by atoms with Crippen molar-refractivity contribution in [2.24, 2.45) is 0 Å². The minimum absolute atomic E-state index is 0.0943. The van der Waals surface area contributed by atoms with E-state index >= 15 is 0 Å². The number of nitrogens with one attached hydrogen (secondary N) is 2. The van der Waals surface area contributed by atoms with Crippen LogP contribution >= 0.6 is 0 Å². The molecule has 1 amide bonds. The average molecular weight is 404 g/mol. The molecule has 2 rings (SSSR count). The van der Waals surface area contributed by atoms with Crippen LogP contribution in [0.15, 0.2) is 53.4 Å². The number of unbranched alkanes of at least 4 members (excludes halogenated alkanes) is 1. The van der Waals surface area contributed by atoms with Gasteiger partial charge in [0, 0.05) is 5.69 Å².